The average molecular weight is 647 g/mol. The van der Waals surface area contributed by atoms with E-state index in [-0.39, 0.29) is 11.5 Å². The number of nitrogens with two attached hydrogens (primary N) is 1. The maximum Gasteiger partial charge on any atom is 0.335 e. The molecule has 0 aliphatic carbocycles. The van der Waals surface area contributed by atoms with Crippen LogP contribution < -0.4 is 10.5 Å². The predicted molar refractivity (Wildman–Crippen MR) is 179 cm³/mol. The van der Waals surface area contributed by atoms with Crippen LogP contribution in [0.1, 0.15) is 21.5 Å². The third kappa shape index (κ3) is 6.95. The van der Waals surface area contributed by atoms with Crippen LogP contribution in [0.5, 0.6) is 5.75 Å². The zero-order valence-electron chi connectivity index (χ0n) is 23.7. The molecule has 2 aliphatic heterocycles. The van der Waals surface area contributed by atoms with Crippen LogP contribution >= 0.6 is 35.3 Å². The Morgan fingerprint density at radius 1 is 1.09 bits per heavy atom. The van der Waals surface area contributed by atoms with Gasteiger partial charge in [-0.2, -0.15) is 0 Å². The smallest absolute Gasteiger partial charge is 0.335 e. The van der Waals surface area contributed by atoms with Gasteiger partial charge in [0.15, 0.2) is 5.13 Å². The van der Waals surface area contributed by atoms with Crippen LogP contribution in [0.2, 0.25) is 0 Å². The summed E-state index contributed by atoms with van der Waals surface area (Å²) in [5, 5.41) is 9.65. The minimum Gasteiger partial charge on any atom is -0.492 e. The number of carboxylic acid groups (broad SMARTS) is 1. The number of nitrogen functional groups attached to an aromatic ring is 1. The number of thiocarbonyl (C=S) groups is 1. The summed E-state index contributed by atoms with van der Waals surface area (Å²) in [5.41, 5.74) is 10.7. The summed E-state index contributed by atoms with van der Waals surface area (Å²) >= 11 is 8.28. The van der Waals surface area contributed by atoms with Gasteiger partial charge < -0.3 is 20.3 Å². The Morgan fingerprint density at radius 3 is 2.66 bits per heavy atom. The average Bonchev–Trinajstić information content (AvgIpc) is 3.53. The number of amides is 1. The van der Waals surface area contributed by atoms with E-state index < -0.39 is 5.97 Å². The molecule has 4 aromatic rings. The van der Waals surface area contributed by atoms with Gasteiger partial charge in [0.1, 0.15) is 16.7 Å². The Kier molecular flexibility index (Phi) is 9.24. The van der Waals surface area contributed by atoms with Crippen molar-refractivity contribution in [2.45, 2.75) is 6.42 Å². The molecule has 9 nitrogen and oxygen atoms in total. The molecular weight excluding hydrogens is 617 g/mol. The molecule has 2 fully saturated rings. The van der Waals surface area contributed by atoms with Gasteiger partial charge in [-0.25, -0.2) is 9.78 Å². The summed E-state index contributed by atoms with van der Waals surface area (Å²) in [6.45, 7) is 5.03. The number of carboxylic acids is 1. The first-order valence-corrected chi connectivity index (χ1v) is 16.2. The van der Waals surface area contributed by atoms with Crippen LogP contribution in [0.3, 0.4) is 0 Å². The molecule has 3 heterocycles. The lowest BCUT2D eigenvalue weighted by molar-refractivity contribution is -0.122. The van der Waals surface area contributed by atoms with Crippen molar-refractivity contribution in [1.82, 2.24) is 14.8 Å². The molecule has 12 heteroatoms. The zero-order chi connectivity index (χ0) is 30.6. The van der Waals surface area contributed by atoms with Crippen molar-refractivity contribution in [1.29, 1.82) is 0 Å². The number of carbonyl (C=O) groups excluding carboxylic acids is 1. The van der Waals surface area contributed by atoms with Crippen molar-refractivity contribution in [3.05, 3.63) is 82.3 Å². The quantitative estimate of drug-likeness (QED) is 0.171. The Morgan fingerprint density at radius 2 is 1.89 bits per heavy atom. The van der Waals surface area contributed by atoms with E-state index >= 15 is 0 Å². The molecule has 6 rings (SSSR count). The van der Waals surface area contributed by atoms with Crippen molar-refractivity contribution >= 4 is 72.9 Å². The minimum absolute atomic E-state index is 0.143. The normalized spacial score (nSPS) is 16.7. The van der Waals surface area contributed by atoms with E-state index in [2.05, 4.69) is 16.0 Å². The minimum atomic E-state index is -0.969. The number of hydrogen-bond donors (Lipinski definition) is 2. The lowest BCUT2D eigenvalue weighted by Gasteiger charge is -2.26. The van der Waals surface area contributed by atoms with Crippen molar-refractivity contribution in [3.8, 4) is 16.9 Å². The molecule has 0 atom stereocenters. The third-order valence-electron chi connectivity index (χ3n) is 7.48. The van der Waals surface area contributed by atoms with Crippen molar-refractivity contribution in [2.75, 3.05) is 51.7 Å². The monoisotopic (exact) mass is 646 g/mol. The van der Waals surface area contributed by atoms with Gasteiger partial charge in [-0.15, -0.1) is 0 Å². The molecule has 1 amide bonds. The number of ether oxygens (including phenoxy) is 2. The highest BCUT2D eigenvalue weighted by Gasteiger charge is 2.31. The lowest BCUT2D eigenvalue weighted by Crippen LogP contribution is -2.38. The van der Waals surface area contributed by atoms with Crippen molar-refractivity contribution < 1.29 is 24.2 Å². The van der Waals surface area contributed by atoms with E-state index in [0.717, 1.165) is 71.1 Å². The molecule has 3 aromatic carbocycles. The van der Waals surface area contributed by atoms with E-state index in [1.165, 1.54) is 23.1 Å². The number of aromatic carboxylic acids is 1. The van der Waals surface area contributed by atoms with Crippen LogP contribution in [0.15, 0.2) is 65.6 Å². The number of nitrogens with zero attached hydrogens (tertiary/aromatic N) is 3. The Labute approximate surface area is 268 Å². The maximum absolute atomic E-state index is 13.4. The third-order valence-corrected chi connectivity index (χ3v) is 9.71. The second-order valence-electron chi connectivity index (χ2n) is 10.4. The van der Waals surface area contributed by atoms with Crippen molar-refractivity contribution in [3.63, 3.8) is 0 Å². The van der Waals surface area contributed by atoms with E-state index in [1.807, 2.05) is 36.4 Å². The fourth-order valence-electron chi connectivity index (χ4n) is 5.11. The first-order valence-electron chi connectivity index (χ1n) is 14.1. The molecule has 2 aliphatic rings. The highest BCUT2D eigenvalue weighted by molar-refractivity contribution is 8.26. The van der Waals surface area contributed by atoms with E-state index in [9.17, 15) is 9.59 Å². The van der Waals surface area contributed by atoms with Gasteiger partial charge in [0.2, 0.25) is 0 Å². The lowest BCUT2D eigenvalue weighted by atomic mass is 10.0. The number of morpholine rings is 1. The Bertz CT molecular complexity index is 1750. The molecule has 0 radical (unpaired) electrons. The maximum atomic E-state index is 13.4. The number of thioether (sulfide) groups is 1. The standard InChI is InChI=1S/C32H30N4O5S3/c33-31-34-25-7-6-23(19-27(25)43-31)24-17-21(3-8-26(24)41-16-13-35-11-14-40-15-12-35)18-28-29(37)36(32(42)44-28)10-9-20-1-4-22(5-2-20)30(38)39/h1-8,17-19H,9-16H2,(H2,33,34)(H,38,39). The summed E-state index contributed by atoms with van der Waals surface area (Å²) in [5.74, 6) is -0.354. The summed E-state index contributed by atoms with van der Waals surface area (Å²) in [7, 11) is 0. The fourth-order valence-corrected chi connectivity index (χ4v) is 7.19. The molecular formula is C32H30N4O5S3. The fraction of sp³-hybridized carbons (Fsp3) is 0.250. The molecule has 0 unspecified atom stereocenters. The van der Waals surface area contributed by atoms with Crippen LogP contribution in [-0.4, -0.2) is 82.1 Å². The summed E-state index contributed by atoms with van der Waals surface area (Å²) < 4.78 is 13.3. The topological polar surface area (TPSA) is 118 Å². The summed E-state index contributed by atoms with van der Waals surface area (Å²) in [4.78, 5) is 33.4. The number of fused-ring (bicyclic) bond motifs is 1. The molecule has 0 saturated carbocycles. The second kappa shape index (κ2) is 13.4. The molecule has 226 valence electrons. The van der Waals surface area contributed by atoms with Gasteiger partial charge >= 0.3 is 5.97 Å². The van der Waals surface area contributed by atoms with Crippen LogP contribution in [0.25, 0.3) is 27.4 Å². The van der Waals surface area contributed by atoms with E-state index in [1.54, 1.807) is 29.2 Å². The number of benzene rings is 3. The first kappa shape index (κ1) is 30.2. The van der Waals surface area contributed by atoms with Gasteiger partial charge in [0.05, 0.1) is 33.9 Å². The number of thiazole rings is 1. The van der Waals surface area contributed by atoms with Gasteiger partial charge in [-0.3, -0.25) is 14.6 Å². The molecule has 1 aromatic heterocycles. The molecule has 2 saturated heterocycles. The van der Waals surface area contributed by atoms with Crippen LogP contribution in [0.4, 0.5) is 5.13 Å². The highest BCUT2D eigenvalue weighted by atomic mass is 32.2. The van der Waals surface area contributed by atoms with Gasteiger partial charge in [0.25, 0.3) is 5.91 Å². The van der Waals surface area contributed by atoms with Gasteiger partial charge in [-0.05, 0) is 65.6 Å². The van der Waals surface area contributed by atoms with Gasteiger partial charge in [0, 0.05) is 31.7 Å². The number of hydrogen-bond acceptors (Lipinski definition) is 10. The van der Waals surface area contributed by atoms with E-state index in [4.69, 9.17) is 32.5 Å². The molecule has 0 bridgehead atoms. The van der Waals surface area contributed by atoms with E-state index in [0.29, 0.717) is 33.9 Å². The SMILES string of the molecule is Nc1nc2ccc(-c3cc(C=C4SC(=S)N(CCc5ccc(C(=O)O)cc5)C4=O)ccc3OCCN3CCOCC3)cc2s1. The molecule has 0 spiro atoms. The second-order valence-corrected chi connectivity index (χ2v) is 13.1. The van der Waals surface area contributed by atoms with Crippen molar-refractivity contribution in [2.24, 2.45) is 0 Å². The summed E-state index contributed by atoms with van der Waals surface area (Å²) in [6, 6.07) is 18.6. The highest BCUT2D eigenvalue weighted by Crippen LogP contribution is 2.37. The molecule has 44 heavy (non-hydrogen) atoms. The number of rotatable bonds is 10. The Hall–Kier alpha value is -3.81. The number of anilines is 1. The van der Waals surface area contributed by atoms with Gasteiger partial charge in [-0.1, -0.05) is 59.6 Å². The first-order chi connectivity index (χ1) is 21.3. The number of aromatic nitrogens is 1. The van der Waals surface area contributed by atoms with Crippen LogP contribution in [0, 0.1) is 0 Å². The Balaban J connectivity index is 1.21. The predicted octanol–water partition coefficient (Wildman–Crippen LogP) is 5.40. The zero-order valence-corrected chi connectivity index (χ0v) is 26.2. The number of carbonyl (C=O) groups is 2. The largest absolute Gasteiger partial charge is 0.492 e. The molecule has 3 N–H and O–H groups in total. The van der Waals surface area contributed by atoms with Crippen LogP contribution in [-0.2, 0) is 16.0 Å². The summed E-state index contributed by atoms with van der Waals surface area (Å²) in [6.07, 6.45) is 2.43.